The highest BCUT2D eigenvalue weighted by Crippen LogP contribution is 2.34. The van der Waals surface area contributed by atoms with Gasteiger partial charge < -0.3 is 20.3 Å². The fraction of sp³-hybridized carbons (Fsp3) is 0.552. The van der Waals surface area contributed by atoms with Crippen LogP contribution in [0.5, 0.6) is 0 Å². The number of nitrogens with one attached hydrogen (secondary N) is 2. The first-order valence-electron chi connectivity index (χ1n) is 13.6. The molecule has 2 fully saturated rings. The van der Waals surface area contributed by atoms with Crippen LogP contribution in [0.1, 0.15) is 87.0 Å². The fourth-order valence-electron chi connectivity index (χ4n) is 5.18. The van der Waals surface area contributed by atoms with Crippen molar-refractivity contribution in [1.29, 1.82) is 5.26 Å². The zero-order chi connectivity index (χ0) is 28.0. The van der Waals surface area contributed by atoms with E-state index in [9.17, 15) is 14.4 Å². The van der Waals surface area contributed by atoms with Gasteiger partial charge in [0, 0.05) is 35.5 Å². The maximum atomic E-state index is 13.1. The van der Waals surface area contributed by atoms with Crippen molar-refractivity contribution in [2.75, 3.05) is 19.6 Å². The monoisotopic (exact) mass is 551 g/mol. The molecule has 9 nitrogen and oxygen atoms in total. The Morgan fingerprint density at radius 1 is 1.13 bits per heavy atom. The Morgan fingerprint density at radius 2 is 1.79 bits per heavy atom. The summed E-state index contributed by atoms with van der Waals surface area (Å²) in [4.78, 5) is 44.9. The van der Waals surface area contributed by atoms with Crippen LogP contribution in [0.25, 0.3) is 11.3 Å². The lowest BCUT2D eigenvalue weighted by molar-refractivity contribution is -0.128. The van der Waals surface area contributed by atoms with Crippen molar-refractivity contribution >= 4 is 29.2 Å². The molecule has 0 bridgehead atoms. The molecule has 1 saturated carbocycles. The molecule has 2 N–H and O–H groups in total. The minimum Gasteiger partial charge on any atom is -0.444 e. The van der Waals surface area contributed by atoms with Gasteiger partial charge in [-0.1, -0.05) is 31.4 Å². The van der Waals surface area contributed by atoms with Gasteiger partial charge in [-0.15, -0.1) is 11.3 Å². The summed E-state index contributed by atoms with van der Waals surface area (Å²) >= 11 is 1.62. The van der Waals surface area contributed by atoms with Gasteiger partial charge in [-0.2, -0.15) is 5.26 Å². The van der Waals surface area contributed by atoms with Crippen LogP contribution in [0.3, 0.4) is 0 Å². The maximum Gasteiger partial charge on any atom is 0.410 e. The molecule has 1 aliphatic carbocycles. The summed E-state index contributed by atoms with van der Waals surface area (Å²) in [6.45, 7) is 6.83. The zero-order valence-electron chi connectivity index (χ0n) is 22.9. The van der Waals surface area contributed by atoms with E-state index in [-0.39, 0.29) is 24.5 Å². The first kappa shape index (κ1) is 28.6. The van der Waals surface area contributed by atoms with Crippen LogP contribution in [-0.4, -0.2) is 58.6 Å². The number of likely N-dealkylation sites (tertiary alicyclic amines) is 1. The minimum absolute atomic E-state index is 0.0797. The third-order valence-electron chi connectivity index (χ3n) is 7.28. The molecule has 1 saturated heterocycles. The van der Waals surface area contributed by atoms with Crippen molar-refractivity contribution in [2.24, 2.45) is 0 Å². The predicted octanol–water partition coefficient (Wildman–Crippen LogP) is 5.00. The molecule has 4 rings (SSSR count). The highest BCUT2D eigenvalue weighted by Gasteiger charge is 2.40. The summed E-state index contributed by atoms with van der Waals surface area (Å²) in [7, 11) is 0. The van der Waals surface area contributed by atoms with Gasteiger partial charge in [0.05, 0.1) is 16.8 Å². The summed E-state index contributed by atoms with van der Waals surface area (Å²) in [6, 6.07) is 9.20. The molecule has 2 heterocycles. The number of hydrogen-bond acceptors (Lipinski definition) is 7. The van der Waals surface area contributed by atoms with Crippen molar-refractivity contribution in [3.05, 3.63) is 40.2 Å². The average molecular weight is 552 g/mol. The van der Waals surface area contributed by atoms with E-state index in [1.807, 2.05) is 44.4 Å². The molecule has 3 amide bonds. The molecule has 0 atom stereocenters. The van der Waals surface area contributed by atoms with E-state index >= 15 is 0 Å². The van der Waals surface area contributed by atoms with Gasteiger partial charge in [0.1, 0.15) is 17.7 Å². The lowest BCUT2D eigenvalue weighted by atomic mass is 9.80. The zero-order valence-corrected chi connectivity index (χ0v) is 23.7. The highest BCUT2D eigenvalue weighted by molar-refractivity contribution is 7.10. The number of carbonyl (C=O) groups excluding carboxylic acids is 3. The van der Waals surface area contributed by atoms with Gasteiger partial charge in [-0.3, -0.25) is 9.59 Å². The Morgan fingerprint density at radius 3 is 2.41 bits per heavy atom. The molecular formula is C29H37N5O4S. The van der Waals surface area contributed by atoms with E-state index in [4.69, 9.17) is 15.0 Å². The molecule has 0 unspecified atom stereocenters. The van der Waals surface area contributed by atoms with Crippen LogP contribution >= 0.6 is 11.3 Å². The number of thiazole rings is 1. The van der Waals surface area contributed by atoms with E-state index in [0.29, 0.717) is 37.4 Å². The van der Waals surface area contributed by atoms with Gasteiger partial charge in [-0.25, -0.2) is 9.78 Å². The molecule has 208 valence electrons. The molecule has 2 aromatic rings. The lowest BCUT2D eigenvalue weighted by Crippen LogP contribution is -2.59. The van der Waals surface area contributed by atoms with Gasteiger partial charge in [0.2, 0.25) is 5.91 Å². The predicted molar refractivity (Wildman–Crippen MR) is 149 cm³/mol. The van der Waals surface area contributed by atoms with Gasteiger partial charge in [0.15, 0.2) is 0 Å². The van der Waals surface area contributed by atoms with Gasteiger partial charge in [-0.05, 0) is 58.6 Å². The second-order valence-corrected chi connectivity index (χ2v) is 12.2. The van der Waals surface area contributed by atoms with Crippen LogP contribution in [0, 0.1) is 11.3 Å². The SMILES string of the molecule is CC(C)(C)OC(=O)N1CCC(c2nc(-c3ccc(C(=O)NC4(C(=O)NCC#N)CCCCC4)cc3)cs2)CC1. The Labute approximate surface area is 233 Å². The van der Waals surface area contributed by atoms with Crippen molar-refractivity contribution in [3.63, 3.8) is 0 Å². The second-order valence-electron chi connectivity index (χ2n) is 11.3. The topological polar surface area (TPSA) is 124 Å². The fourth-order valence-corrected chi connectivity index (χ4v) is 6.18. The number of benzene rings is 1. The van der Waals surface area contributed by atoms with E-state index in [0.717, 1.165) is 48.4 Å². The van der Waals surface area contributed by atoms with Crippen molar-refractivity contribution < 1.29 is 19.1 Å². The summed E-state index contributed by atoms with van der Waals surface area (Å²) in [5, 5.41) is 17.5. The quantitative estimate of drug-likeness (QED) is 0.487. The third-order valence-corrected chi connectivity index (χ3v) is 8.29. The standard InChI is InChI=1S/C29H37N5O4S/c1-28(2,3)38-27(37)34-17-11-22(12-18-34)25-32-23(19-39-25)20-7-9-21(10-8-20)24(35)33-29(13-5-4-6-14-29)26(36)31-16-15-30/h7-10,19,22H,4-6,11-14,16-18H2,1-3H3,(H,31,36)(H,33,35). The Balaban J connectivity index is 1.37. The third kappa shape index (κ3) is 7.15. The molecule has 2 aliphatic rings. The first-order chi connectivity index (χ1) is 18.6. The number of hydrogen-bond donors (Lipinski definition) is 2. The van der Waals surface area contributed by atoms with Gasteiger partial charge in [0.25, 0.3) is 5.91 Å². The summed E-state index contributed by atoms with van der Waals surface area (Å²) < 4.78 is 5.50. The van der Waals surface area contributed by atoms with Crippen molar-refractivity contribution in [3.8, 4) is 17.3 Å². The molecule has 1 aromatic carbocycles. The molecule has 10 heteroatoms. The number of amides is 3. The van der Waals surface area contributed by atoms with E-state index in [1.54, 1.807) is 28.4 Å². The number of nitriles is 1. The smallest absolute Gasteiger partial charge is 0.410 e. The Kier molecular flexibility index (Phi) is 8.90. The average Bonchev–Trinajstić information content (AvgIpc) is 3.42. The first-order valence-corrected chi connectivity index (χ1v) is 14.5. The molecular weight excluding hydrogens is 514 g/mol. The van der Waals surface area contributed by atoms with Crippen LogP contribution in [0.2, 0.25) is 0 Å². The summed E-state index contributed by atoms with van der Waals surface area (Å²) in [5.74, 6) is -0.293. The van der Waals surface area contributed by atoms with Crippen LogP contribution in [0.15, 0.2) is 29.6 Å². The number of aromatic nitrogens is 1. The van der Waals surface area contributed by atoms with E-state index in [2.05, 4.69) is 10.6 Å². The summed E-state index contributed by atoms with van der Waals surface area (Å²) in [5.41, 5.74) is 0.767. The van der Waals surface area contributed by atoms with Crippen molar-refractivity contribution in [2.45, 2.75) is 82.8 Å². The lowest BCUT2D eigenvalue weighted by Gasteiger charge is -2.36. The largest absolute Gasteiger partial charge is 0.444 e. The number of nitrogens with zero attached hydrogens (tertiary/aromatic N) is 3. The van der Waals surface area contributed by atoms with Crippen LogP contribution < -0.4 is 10.6 Å². The van der Waals surface area contributed by atoms with E-state index in [1.165, 1.54) is 0 Å². The normalized spacial score (nSPS) is 17.6. The highest BCUT2D eigenvalue weighted by atomic mass is 32.1. The van der Waals surface area contributed by atoms with Gasteiger partial charge >= 0.3 is 6.09 Å². The maximum absolute atomic E-state index is 13.1. The molecule has 1 aliphatic heterocycles. The Bertz CT molecular complexity index is 1210. The van der Waals surface area contributed by atoms with Crippen LogP contribution in [0.4, 0.5) is 4.79 Å². The molecule has 1 aromatic heterocycles. The Hall–Kier alpha value is -3.45. The van der Waals surface area contributed by atoms with E-state index < -0.39 is 11.1 Å². The summed E-state index contributed by atoms with van der Waals surface area (Å²) in [6.07, 6.45) is 5.28. The molecule has 39 heavy (non-hydrogen) atoms. The number of ether oxygens (including phenoxy) is 1. The molecule has 0 radical (unpaired) electrons. The number of carbonyl (C=O) groups is 3. The van der Waals surface area contributed by atoms with Crippen molar-refractivity contribution in [1.82, 2.24) is 20.5 Å². The minimum atomic E-state index is -0.978. The van der Waals surface area contributed by atoms with Crippen LogP contribution in [-0.2, 0) is 9.53 Å². The molecule has 0 spiro atoms. The number of rotatable bonds is 6. The second kappa shape index (κ2) is 12.2. The number of piperidine rings is 1.